The van der Waals surface area contributed by atoms with Gasteiger partial charge in [-0.05, 0) is 51.0 Å². The van der Waals surface area contributed by atoms with Crippen LogP contribution in [0.15, 0.2) is 12.4 Å². The molecule has 1 aliphatic carbocycles. The maximum Gasteiger partial charge on any atom is 0.197 e. The second-order valence-corrected chi connectivity index (χ2v) is 6.03. The molecule has 0 atom stereocenters. The van der Waals surface area contributed by atoms with Crippen LogP contribution in [0.5, 0.6) is 0 Å². The molecular weight excluding hydrogens is 262 g/mol. The van der Waals surface area contributed by atoms with Crippen molar-refractivity contribution in [3.63, 3.8) is 0 Å². The molecule has 0 N–H and O–H groups in total. The molecule has 2 aromatic heterocycles. The lowest BCUT2D eigenvalue weighted by Crippen LogP contribution is -2.22. The van der Waals surface area contributed by atoms with Gasteiger partial charge in [-0.25, -0.2) is 14.6 Å². The normalized spacial score (nSPS) is 18.0. The Labute approximate surface area is 125 Å². The highest BCUT2D eigenvalue weighted by Crippen LogP contribution is 2.28. The maximum absolute atomic E-state index is 4.84. The molecule has 0 radical (unpaired) electrons. The smallest absolute Gasteiger partial charge is 0.197 e. The predicted octanol–water partition coefficient (Wildman–Crippen LogP) is 2.45. The molecule has 5 heteroatoms. The summed E-state index contributed by atoms with van der Waals surface area (Å²) in [6.45, 7) is 4.32. The number of rotatable bonds is 2. The largest absolute Gasteiger partial charge is 0.353 e. The minimum absolute atomic E-state index is 0.895. The monoisotopic (exact) mass is 283 g/mol. The van der Waals surface area contributed by atoms with Crippen LogP contribution in [0.25, 0.3) is 5.82 Å². The van der Waals surface area contributed by atoms with Crippen molar-refractivity contribution in [3.05, 3.63) is 29.3 Å². The van der Waals surface area contributed by atoms with Gasteiger partial charge in [0.15, 0.2) is 11.6 Å². The fraction of sp³-hybridized carbons (Fsp3) is 0.562. The van der Waals surface area contributed by atoms with E-state index in [1.807, 2.05) is 4.68 Å². The van der Waals surface area contributed by atoms with Crippen LogP contribution in [0.3, 0.4) is 0 Å². The van der Waals surface area contributed by atoms with Crippen LogP contribution in [0.2, 0.25) is 0 Å². The predicted molar refractivity (Wildman–Crippen MR) is 82.0 cm³/mol. The number of fused-ring (bicyclic) bond motifs is 1. The highest BCUT2D eigenvalue weighted by Gasteiger charge is 2.23. The zero-order valence-corrected chi connectivity index (χ0v) is 12.5. The van der Waals surface area contributed by atoms with Gasteiger partial charge in [0.25, 0.3) is 0 Å². The fourth-order valence-corrected chi connectivity index (χ4v) is 3.54. The molecular formula is C16H21N5. The Morgan fingerprint density at radius 2 is 1.62 bits per heavy atom. The zero-order chi connectivity index (χ0) is 14.2. The minimum Gasteiger partial charge on any atom is -0.353 e. The highest BCUT2D eigenvalue weighted by atomic mass is 15.4. The number of anilines is 1. The number of nitrogens with zero attached hydrogens (tertiary/aromatic N) is 5. The van der Waals surface area contributed by atoms with Gasteiger partial charge in [-0.15, -0.1) is 0 Å². The summed E-state index contributed by atoms with van der Waals surface area (Å²) in [6, 6.07) is 0. The molecule has 110 valence electrons. The minimum atomic E-state index is 0.895. The van der Waals surface area contributed by atoms with E-state index < -0.39 is 0 Å². The summed E-state index contributed by atoms with van der Waals surface area (Å²) in [5.74, 6) is 1.88. The first-order chi connectivity index (χ1) is 10.3. The van der Waals surface area contributed by atoms with E-state index in [0.717, 1.165) is 37.6 Å². The Balaban J connectivity index is 1.81. The summed E-state index contributed by atoms with van der Waals surface area (Å²) < 4.78 is 2.02. The molecule has 4 rings (SSSR count). The van der Waals surface area contributed by atoms with Gasteiger partial charge in [0.05, 0.1) is 5.69 Å². The van der Waals surface area contributed by atoms with Crippen LogP contribution in [-0.2, 0) is 12.8 Å². The Bertz CT molecular complexity index is 655. The molecule has 2 aromatic rings. The first-order valence-corrected chi connectivity index (χ1v) is 7.98. The number of aryl methyl sites for hydroxylation is 1. The van der Waals surface area contributed by atoms with Crippen molar-refractivity contribution in [1.82, 2.24) is 19.7 Å². The zero-order valence-electron chi connectivity index (χ0n) is 12.5. The van der Waals surface area contributed by atoms with Crippen molar-refractivity contribution in [1.29, 1.82) is 0 Å². The van der Waals surface area contributed by atoms with Crippen LogP contribution < -0.4 is 4.90 Å². The lowest BCUT2D eigenvalue weighted by atomic mass is 9.96. The molecule has 0 saturated carbocycles. The van der Waals surface area contributed by atoms with E-state index in [2.05, 4.69) is 21.8 Å². The van der Waals surface area contributed by atoms with Crippen LogP contribution in [0.4, 0.5) is 5.82 Å². The number of aromatic nitrogens is 4. The molecule has 1 saturated heterocycles. The molecule has 21 heavy (non-hydrogen) atoms. The van der Waals surface area contributed by atoms with Gasteiger partial charge in [0.1, 0.15) is 0 Å². The van der Waals surface area contributed by atoms with Crippen molar-refractivity contribution in [2.75, 3.05) is 18.0 Å². The third-order valence-corrected chi connectivity index (χ3v) is 4.68. The lowest BCUT2D eigenvalue weighted by molar-refractivity contribution is 0.670. The van der Waals surface area contributed by atoms with Gasteiger partial charge >= 0.3 is 0 Å². The molecule has 5 nitrogen and oxygen atoms in total. The average molecular weight is 283 g/mol. The number of hydrogen-bond donors (Lipinski definition) is 0. The van der Waals surface area contributed by atoms with Gasteiger partial charge in [-0.2, -0.15) is 5.10 Å². The third kappa shape index (κ3) is 2.11. The van der Waals surface area contributed by atoms with E-state index in [9.17, 15) is 0 Å². The second-order valence-electron chi connectivity index (χ2n) is 6.03. The van der Waals surface area contributed by atoms with Crippen molar-refractivity contribution >= 4 is 5.82 Å². The summed E-state index contributed by atoms with van der Waals surface area (Å²) in [5, 5.41) is 4.84. The molecule has 2 aliphatic rings. The highest BCUT2D eigenvalue weighted by molar-refractivity contribution is 5.54. The third-order valence-electron chi connectivity index (χ3n) is 4.68. The number of hydrogen-bond acceptors (Lipinski definition) is 4. The standard InChI is InChI=1S/C16H21N5/c1-12-13-6-2-3-7-14(13)19-21(12)16-15(17-8-9-18-16)20-10-4-5-11-20/h8-9H,2-7,10-11H2,1H3. The molecule has 1 fully saturated rings. The van der Waals surface area contributed by atoms with E-state index in [1.54, 1.807) is 12.4 Å². The average Bonchev–Trinajstić information content (AvgIpc) is 3.16. The van der Waals surface area contributed by atoms with Crippen LogP contribution in [0, 0.1) is 6.92 Å². The lowest BCUT2D eigenvalue weighted by Gasteiger charge is -2.19. The Kier molecular flexibility index (Phi) is 3.13. The summed E-state index contributed by atoms with van der Waals surface area (Å²) in [4.78, 5) is 11.5. The molecule has 0 amide bonds. The quantitative estimate of drug-likeness (QED) is 0.849. The second kappa shape index (κ2) is 5.13. The van der Waals surface area contributed by atoms with Crippen molar-refractivity contribution in [2.45, 2.75) is 45.4 Å². The van der Waals surface area contributed by atoms with Gasteiger partial charge in [-0.3, -0.25) is 0 Å². The maximum atomic E-state index is 4.84. The Morgan fingerprint density at radius 1 is 0.905 bits per heavy atom. The van der Waals surface area contributed by atoms with Crippen LogP contribution in [0.1, 0.15) is 42.6 Å². The SMILES string of the molecule is Cc1c2c(nn1-c1nccnc1N1CCCC1)CCCC2. The Hall–Kier alpha value is -1.91. The Morgan fingerprint density at radius 3 is 2.38 bits per heavy atom. The van der Waals surface area contributed by atoms with Crippen molar-refractivity contribution in [2.24, 2.45) is 0 Å². The van der Waals surface area contributed by atoms with E-state index in [4.69, 9.17) is 5.10 Å². The summed E-state index contributed by atoms with van der Waals surface area (Å²) >= 11 is 0. The van der Waals surface area contributed by atoms with Gasteiger partial charge in [0.2, 0.25) is 0 Å². The first-order valence-electron chi connectivity index (χ1n) is 7.98. The van der Waals surface area contributed by atoms with Crippen LogP contribution in [-0.4, -0.2) is 32.8 Å². The van der Waals surface area contributed by atoms with E-state index in [0.29, 0.717) is 0 Å². The molecule has 1 aliphatic heterocycles. The van der Waals surface area contributed by atoms with Crippen molar-refractivity contribution < 1.29 is 0 Å². The van der Waals surface area contributed by atoms with Gasteiger partial charge in [-0.1, -0.05) is 0 Å². The summed E-state index contributed by atoms with van der Waals surface area (Å²) in [6.07, 6.45) is 10.8. The molecule has 0 unspecified atom stereocenters. The molecule has 0 bridgehead atoms. The molecule has 0 aromatic carbocycles. The van der Waals surface area contributed by atoms with Gasteiger partial charge in [0, 0.05) is 31.2 Å². The van der Waals surface area contributed by atoms with E-state index in [-0.39, 0.29) is 0 Å². The van der Waals surface area contributed by atoms with Crippen LogP contribution >= 0.6 is 0 Å². The summed E-state index contributed by atoms with van der Waals surface area (Å²) in [7, 11) is 0. The topological polar surface area (TPSA) is 46.8 Å². The van der Waals surface area contributed by atoms with E-state index >= 15 is 0 Å². The van der Waals surface area contributed by atoms with Crippen molar-refractivity contribution in [3.8, 4) is 5.82 Å². The van der Waals surface area contributed by atoms with E-state index in [1.165, 1.54) is 42.6 Å². The molecule has 3 heterocycles. The van der Waals surface area contributed by atoms with Gasteiger partial charge < -0.3 is 4.90 Å². The first kappa shape index (κ1) is 12.8. The summed E-state index contributed by atoms with van der Waals surface area (Å²) in [5.41, 5.74) is 3.93. The molecule has 0 spiro atoms. The fourth-order valence-electron chi connectivity index (χ4n) is 3.54.